The number of aromatic nitrogens is 3. The van der Waals surface area contributed by atoms with Crippen LogP contribution in [0.1, 0.15) is 45.6 Å². The fourth-order valence-electron chi connectivity index (χ4n) is 4.02. The zero-order chi connectivity index (χ0) is 20.0. The zero-order valence-electron chi connectivity index (χ0n) is 16.8. The summed E-state index contributed by atoms with van der Waals surface area (Å²) in [5.74, 6) is 0.505. The molecule has 8 heteroatoms. The van der Waals surface area contributed by atoms with E-state index in [1.54, 1.807) is 6.20 Å². The third kappa shape index (κ3) is 3.93. The van der Waals surface area contributed by atoms with Gasteiger partial charge in [0.05, 0.1) is 5.39 Å². The summed E-state index contributed by atoms with van der Waals surface area (Å²) in [4.78, 5) is 32.3. The van der Waals surface area contributed by atoms with Gasteiger partial charge in [-0.1, -0.05) is 25.6 Å². The summed E-state index contributed by atoms with van der Waals surface area (Å²) in [6.45, 7) is 8.38. The Hall–Kier alpha value is -1.38. The van der Waals surface area contributed by atoms with Crippen molar-refractivity contribution in [3.05, 3.63) is 22.6 Å². The molecule has 2 aromatic heterocycles. The van der Waals surface area contributed by atoms with Crippen molar-refractivity contribution >= 4 is 36.8 Å². The van der Waals surface area contributed by atoms with E-state index in [1.165, 1.54) is 17.8 Å². The maximum atomic E-state index is 12.8. The van der Waals surface area contributed by atoms with Gasteiger partial charge in [0.2, 0.25) is 0 Å². The van der Waals surface area contributed by atoms with Crippen LogP contribution in [0.2, 0.25) is 18.1 Å². The lowest BCUT2D eigenvalue weighted by atomic mass is 9.94. The molecule has 3 N–H and O–H groups in total. The number of nitrogens with zero attached hydrogens (tertiary/aromatic N) is 3. The number of fused-ring (bicyclic) bond motifs is 1. The normalized spacial score (nSPS) is 21.1. The predicted octanol–water partition coefficient (Wildman–Crippen LogP) is 3.80. The van der Waals surface area contributed by atoms with Gasteiger partial charge in [-0.25, -0.2) is 9.97 Å². The van der Waals surface area contributed by atoms with Crippen molar-refractivity contribution < 1.29 is 4.80 Å². The summed E-state index contributed by atoms with van der Waals surface area (Å²) in [5.41, 5.74) is 7.03. The van der Waals surface area contributed by atoms with Crippen molar-refractivity contribution in [2.45, 2.75) is 68.9 Å². The van der Waals surface area contributed by atoms with E-state index >= 15 is 0 Å². The highest BCUT2D eigenvalue weighted by Gasteiger charge is 2.41. The van der Waals surface area contributed by atoms with Gasteiger partial charge < -0.3 is 10.5 Å². The monoisotopic (exact) mass is 406 g/mol. The smallest absolute Gasteiger partial charge is 0.254 e. The maximum absolute atomic E-state index is 12.8. The lowest BCUT2D eigenvalue weighted by Crippen LogP contribution is -2.40. The van der Waals surface area contributed by atoms with Crippen LogP contribution in [0.4, 0.5) is 5.69 Å². The van der Waals surface area contributed by atoms with Gasteiger partial charge in [-0.3, -0.25) is 9.36 Å². The minimum Gasteiger partial charge on any atom is -0.432 e. The molecule has 3 rings (SSSR count). The molecule has 6 nitrogen and oxygen atoms in total. The van der Waals surface area contributed by atoms with Gasteiger partial charge in [-0.2, -0.15) is 0 Å². The van der Waals surface area contributed by atoms with Crippen molar-refractivity contribution in [2.75, 3.05) is 12.0 Å². The standard InChI is InChI=1S/C19H30N4O2SSi/c1-19(2,27(4,5)25)10-12-6-7-13(8-12)23-16(24)9-15(20)14-11-21-18(26-3)22-17(14)23/h9,11-13,25H,6-8,10,20H2,1-5H3/t12-,13-/m1/s1. The van der Waals surface area contributed by atoms with E-state index in [0.717, 1.165) is 31.1 Å². The second kappa shape index (κ2) is 7.22. The summed E-state index contributed by atoms with van der Waals surface area (Å²) in [6, 6.07) is 1.61. The Morgan fingerprint density at radius 1 is 1.41 bits per heavy atom. The molecule has 0 aromatic carbocycles. The Kier molecular flexibility index (Phi) is 5.44. The molecule has 148 valence electrons. The number of anilines is 1. The summed E-state index contributed by atoms with van der Waals surface area (Å²) in [5, 5.41) is 1.33. The van der Waals surface area contributed by atoms with E-state index in [-0.39, 0.29) is 16.6 Å². The number of hydrogen-bond acceptors (Lipinski definition) is 6. The van der Waals surface area contributed by atoms with E-state index in [1.807, 2.05) is 23.9 Å². The Morgan fingerprint density at radius 3 is 2.74 bits per heavy atom. The molecule has 0 aliphatic heterocycles. The number of pyridine rings is 1. The molecular formula is C19H30N4O2SSi. The van der Waals surface area contributed by atoms with Crippen LogP contribution in [0, 0.1) is 5.92 Å². The topological polar surface area (TPSA) is 94.0 Å². The fourth-order valence-corrected chi connectivity index (χ4v) is 5.14. The highest BCUT2D eigenvalue weighted by Crippen LogP contribution is 2.47. The van der Waals surface area contributed by atoms with Crippen molar-refractivity contribution in [1.29, 1.82) is 0 Å². The average molecular weight is 407 g/mol. The van der Waals surface area contributed by atoms with Crippen LogP contribution in [0.25, 0.3) is 11.0 Å². The Balaban J connectivity index is 1.94. The minimum absolute atomic E-state index is 0.0467. The maximum Gasteiger partial charge on any atom is 0.254 e. The van der Waals surface area contributed by atoms with E-state index in [4.69, 9.17) is 5.73 Å². The van der Waals surface area contributed by atoms with Crippen LogP contribution in [-0.4, -0.2) is 33.9 Å². The molecular weight excluding hydrogens is 376 g/mol. The first-order chi connectivity index (χ1) is 12.5. The van der Waals surface area contributed by atoms with E-state index in [9.17, 15) is 9.59 Å². The van der Waals surface area contributed by atoms with Gasteiger partial charge in [0.25, 0.3) is 5.56 Å². The second-order valence-corrected chi connectivity index (χ2v) is 14.1. The first-order valence-electron chi connectivity index (χ1n) is 9.47. The van der Waals surface area contributed by atoms with E-state index < -0.39 is 8.32 Å². The number of nitrogens with two attached hydrogens (primary N) is 1. The lowest BCUT2D eigenvalue weighted by Gasteiger charge is -2.37. The third-order valence-corrected chi connectivity index (χ3v) is 10.4. The van der Waals surface area contributed by atoms with E-state index in [2.05, 4.69) is 23.8 Å². The predicted molar refractivity (Wildman–Crippen MR) is 115 cm³/mol. The van der Waals surface area contributed by atoms with Crippen LogP contribution < -0.4 is 11.3 Å². The van der Waals surface area contributed by atoms with Crippen LogP contribution in [0.3, 0.4) is 0 Å². The summed E-state index contributed by atoms with van der Waals surface area (Å²) in [6.07, 6.45) is 7.58. The van der Waals surface area contributed by atoms with Gasteiger partial charge in [0.1, 0.15) is 5.65 Å². The molecule has 0 radical (unpaired) electrons. The fraction of sp³-hybridized carbons (Fsp3) is 0.632. The van der Waals surface area contributed by atoms with Crippen LogP contribution >= 0.6 is 11.8 Å². The Bertz CT molecular complexity index is 907. The number of hydrogen-bond donors (Lipinski definition) is 2. The minimum atomic E-state index is -2.24. The molecule has 0 amide bonds. The largest absolute Gasteiger partial charge is 0.432 e. The van der Waals surface area contributed by atoms with Crippen LogP contribution in [0.5, 0.6) is 0 Å². The first kappa shape index (κ1) is 20.4. The molecule has 0 bridgehead atoms. The third-order valence-electron chi connectivity index (χ3n) is 6.32. The van der Waals surface area contributed by atoms with E-state index in [0.29, 0.717) is 22.4 Å². The summed E-state index contributed by atoms with van der Waals surface area (Å²) in [7, 11) is -2.24. The SMILES string of the molecule is CSc1ncc2c(N)cc(=O)n([C@@H]3CC[C@@H](CC(C)(C)[Si](C)(C)O)C3)c2n1. The second-order valence-electron chi connectivity index (χ2n) is 8.88. The zero-order valence-corrected chi connectivity index (χ0v) is 18.6. The molecule has 2 atom stereocenters. The van der Waals surface area contributed by atoms with Gasteiger partial charge in [0, 0.05) is 24.0 Å². The molecule has 27 heavy (non-hydrogen) atoms. The highest BCUT2D eigenvalue weighted by atomic mass is 32.2. The molecule has 0 spiro atoms. The molecule has 1 fully saturated rings. The van der Waals surface area contributed by atoms with Crippen molar-refractivity contribution in [2.24, 2.45) is 5.92 Å². The molecule has 2 aromatic rings. The highest BCUT2D eigenvalue weighted by molar-refractivity contribution is 7.98. The lowest BCUT2D eigenvalue weighted by molar-refractivity contribution is 0.368. The van der Waals surface area contributed by atoms with Gasteiger partial charge >= 0.3 is 0 Å². The molecule has 0 unspecified atom stereocenters. The molecule has 0 saturated heterocycles. The Labute approximate surface area is 165 Å². The molecule has 2 heterocycles. The van der Waals surface area contributed by atoms with Gasteiger partial charge in [-0.05, 0) is 56.0 Å². The van der Waals surface area contributed by atoms with Crippen LogP contribution in [0.15, 0.2) is 22.2 Å². The molecule has 1 saturated carbocycles. The summed E-state index contributed by atoms with van der Waals surface area (Å²) >= 11 is 1.46. The Morgan fingerprint density at radius 2 is 2.11 bits per heavy atom. The molecule has 1 aliphatic rings. The summed E-state index contributed by atoms with van der Waals surface area (Å²) < 4.78 is 1.82. The van der Waals surface area contributed by atoms with Crippen molar-refractivity contribution in [1.82, 2.24) is 14.5 Å². The number of nitrogen functional groups attached to an aromatic ring is 1. The van der Waals surface area contributed by atoms with Crippen molar-refractivity contribution in [3.8, 4) is 0 Å². The number of thioether (sulfide) groups is 1. The van der Waals surface area contributed by atoms with Gasteiger partial charge in [-0.15, -0.1) is 0 Å². The van der Waals surface area contributed by atoms with Crippen LogP contribution in [-0.2, 0) is 0 Å². The van der Waals surface area contributed by atoms with Crippen molar-refractivity contribution in [3.63, 3.8) is 0 Å². The average Bonchev–Trinajstić information content (AvgIpc) is 3.00. The van der Waals surface area contributed by atoms with Gasteiger partial charge in [0.15, 0.2) is 13.5 Å². The number of rotatable bonds is 5. The first-order valence-corrected chi connectivity index (χ1v) is 13.6. The quantitative estimate of drug-likeness (QED) is 0.445. The molecule has 1 aliphatic carbocycles.